The molecule has 0 saturated heterocycles. The number of aromatic amines is 1. The Balaban J connectivity index is 2.85. The van der Waals surface area contributed by atoms with Crippen molar-refractivity contribution in [1.82, 2.24) is 9.97 Å². The maximum Gasteiger partial charge on any atom is 0.270 e. The van der Waals surface area contributed by atoms with Crippen molar-refractivity contribution >= 4 is 34.4 Å². The van der Waals surface area contributed by atoms with E-state index in [1.54, 1.807) is 18.4 Å². The molecule has 0 unspecified atom stereocenters. The number of hydrogen-bond acceptors (Lipinski definition) is 5. The zero-order chi connectivity index (χ0) is 15.6. The molecule has 0 radical (unpaired) electrons. The van der Waals surface area contributed by atoms with Crippen LogP contribution in [0.2, 0.25) is 0 Å². The van der Waals surface area contributed by atoms with E-state index in [-0.39, 0.29) is 22.6 Å². The molecule has 108 valence electrons. The molecule has 2 rings (SSSR count). The van der Waals surface area contributed by atoms with Crippen molar-refractivity contribution in [3.8, 4) is 23.1 Å². The molecule has 1 aromatic carbocycles. The Morgan fingerprint density at radius 1 is 1.52 bits per heavy atom. The second kappa shape index (κ2) is 6.44. The van der Waals surface area contributed by atoms with E-state index < -0.39 is 11.4 Å². The Bertz CT molecular complexity index is 801. The fourth-order valence-corrected chi connectivity index (χ4v) is 2.57. The van der Waals surface area contributed by atoms with Gasteiger partial charge in [-0.2, -0.15) is 5.26 Å². The second-order valence-electron chi connectivity index (χ2n) is 3.85. The minimum Gasteiger partial charge on any atom is -0.493 e. The highest BCUT2D eigenvalue weighted by Crippen LogP contribution is 2.34. The van der Waals surface area contributed by atoms with Crippen LogP contribution in [0.3, 0.4) is 0 Å². The van der Waals surface area contributed by atoms with Gasteiger partial charge in [0, 0.05) is 5.56 Å². The van der Waals surface area contributed by atoms with Crippen LogP contribution >= 0.6 is 34.4 Å². The maximum atomic E-state index is 14.1. The monoisotopic (exact) mass is 417 g/mol. The summed E-state index contributed by atoms with van der Waals surface area (Å²) in [7, 11) is 1.33. The lowest BCUT2D eigenvalue weighted by molar-refractivity contribution is 0.386. The van der Waals surface area contributed by atoms with Crippen LogP contribution in [0.5, 0.6) is 5.75 Å². The Kier molecular flexibility index (Phi) is 4.84. The standard InChI is InChI=1S/C13H9FIN3O2S/c1-20-11-6(3-4-8(15)9(11)14)10-7(5-16)12(19)18-13(17-10)21-2/h3-4H,1-2H3,(H,17,18,19). The maximum absolute atomic E-state index is 14.1. The fourth-order valence-electron chi connectivity index (χ4n) is 1.77. The number of H-pyrrole nitrogens is 1. The molecule has 8 heteroatoms. The molecule has 0 aliphatic rings. The van der Waals surface area contributed by atoms with Gasteiger partial charge in [0.15, 0.2) is 16.7 Å². The van der Waals surface area contributed by atoms with Crippen molar-refractivity contribution < 1.29 is 9.13 Å². The Morgan fingerprint density at radius 2 is 2.24 bits per heavy atom. The Morgan fingerprint density at radius 3 is 2.81 bits per heavy atom. The van der Waals surface area contributed by atoms with Gasteiger partial charge in [0.25, 0.3) is 5.56 Å². The van der Waals surface area contributed by atoms with Crippen LogP contribution in [0.25, 0.3) is 11.3 Å². The Hall–Kier alpha value is -1.60. The molecule has 0 aliphatic heterocycles. The predicted octanol–water partition coefficient (Wildman–Crippen LogP) is 2.78. The molecule has 1 N–H and O–H groups in total. The first-order chi connectivity index (χ1) is 10.0. The number of rotatable bonds is 3. The summed E-state index contributed by atoms with van der Waals surface area (Å²) in [5.74, 6) is -0.587. The van der Waals surface area contributed by atoms with Gasteiger partial charge < -0.3 is 9.72 Å². The molecular formula is C13H9FIN3O2S. The largest absolute Gasteiger partial charge is 0.493 e. The van der Waals surface area contributed by atoms with Crippen LogP contribution in [-0.4, -0.2) is 23.3 Å². The molecule has 5 nitrogen and oxygen atoms in total. The van der Waals surface area contributed by atoms with Gasteiger partial charge in [-0.15, -0.1) is 0 Å². The number of thioether (sulfide) groups is 1. The van der Waals surface area contributed by atoms with Gasteiger partial charge in [-0.3, -0.25) is 4.79 Å². The van der Waals surface area contributed by atoms with E-state index in [1.165, 1.54) is 24.9 Å². The predicted molar refractivity (Wildman–Crippen MR) is 86.0 cm³/mol. The van der Waals surface area contributed by atoms with E-state index in [9.17, 15) is 9.18 Å². The zero-order valence-electron chi connectivity index (χ0n) is 11.0. The summed E-state index contributed by atoms with van der Waals surface area (Å²) >= 11 is 3.06. The molecule has 0 saturated carbocycles. The van der Waals surface area contributed by atoms with Crippen molar-refractivity contribution in [3.63, 3.8) is 0 Å². The molecular weight excluding hydrogens is 408 g/mol. The van der Waals surface area contributed by atoms with Crippen LogP contribution in [0.1, 0.15) is 5.56 Å². The van der Waals surface area contributed by atoms with Crippen LogP contribution in [-0.2, 0) is 0 Å². The molecule has 2 aromatic rings. The number of methoxy groups -OCH3 is 1. The highest BCUT2D eigenvalue weighted by atomic mass is 127. The summed E-state index contributed by atoms with van der Waals surface area (Å²) in [6, 6.07) is 4.92. The topological polar surface area (TPSA) is 78.8 Å². The molecule has 21 heavy (non-hydrogen) atoms. The minimum absolute atomic E-state index is 0.0384. The van der Waals surface area contributed by atoms with Crippen LogP contribution in [0, 0.1) is 20.7 Å². The lowest BCUT2D eigenvalue weighted by Gasteiger charge is -2.11. The summed E-state index contributed by atoms with van der Waals surface area (Å²) in [5.41, 5.74) is -0.356. The molecule has 0 amide bonds. The van der Waals surface area contributed by atoms with Crippen molar-refractivity contribution in [1.29, 1.82) is 5.26 Å². The third kappa shape index (κ3) is 2.89. The average molecular weight is 417 g/mol. The van der Waals surface area contributed by atoms with E-state index in [1.807, 2.05) is 22.6 Å². The normalized spacial score (nSPS) is 10.2. The number of ether oxygens (including phenoxy) is 1. The summed E-state index contributed by atoms with van der Waals surface area (Å²) < 4.78 is 19.6. The van der Waals surface area contributed by atoms with Crippen molar-refractivity contribution in [2.45, 2.75) is 5.16 Å². The second-order valence-corrected chi connectivity index (χ2v) is 5.81. The van der Waals surface area contributed by atoms with Gasteiger partial charge >= 0.3 is 0 Å². The molecule has 0 bridgehead atoms. The van der Waals surface area contributed by atoms with E-state index in [4.69, 9.17) is 10.00 Å². The summed E-state index contributed by atoms with van der Waals surface area (Å²) in [6.07, 6.45) is 1.74. The SMILES string of the molecule is COc1c(-c2nc(SC)[nH]c(=O)c2C#N)ccc(I)c1F. The first-order valence-corrected chi connectivity index (χ1v) is 7.94. The fraction of sp³-hybridized carbons (Fsp3) is 0.154. The van der Waals surface area contributed by atoms with Crippen molar-refractivity contribution in [3.05, 3.63) is 37.4 Å². The number of nitrogens with zero attached hydrogens (tertiary/aromatic N) is 2. The highest BCUT2D eigenvalue weighted by Gasteiger charge is 2.20. The molecule has 0 aliphatic carbocycles. The summed E-state index contributed by atoms with van der Waals surface area (Å²) in [4.78, 5) is 18.6. The first kappa shape index (κ1) is 15.8. The molecule has 0 spiro atoms. The molecule has 0 fully saturated rings. The molecule has 1 aromatic heterocycles. The number of nitrogens with one attached hydrogen (secondary N) is 1. The summed E-state index contributed by atoms with van der Waals surface area (Å²) in [6.45, 7) is 0. The Labute approximate surface area is 137 Å². The third-order valence-corrected chi connectivity index (χ3v) is 4.13. The highest BCUT2D eigenvalue weighted by molar-refractivity contribution is 14.1. The number of aromatic nitrogens is 2. The first-order valence-electron chi connectivity index (χ1n) is 5.64. The average Bonchev–Trinajstić information content (AvgIpc) is 2.48. The number of nitriles is 1. The molecule has 1 heterocycles. The quantitative estimate of drug-likeness (QED) is 0.472. The van der Waals surface area contributed by atoms with E-state index in [0.717, 1.165) is 0 Å². The third-order valence-electron chi connectivity index (χ3n) is 2.71. The zero-order valence-corrected chi connectivity index (χ0v) is 14.0. The van der Waals surface area contributed by atoms with Crippen LogP contribution in [0.4, 0.5) is 4.39 Å². The van der Waals surface area contributed by atoms with Gasteiger partial charge in [0.05, 0.1) is 10.7 Å². The van der Waals surface area contributed by atoms with Gasteiger partial charge in [-0.25, -0.2) is 9.37 Å². The minimum atomic E-state index is -0.562. The van der Waals surface area contributed by atoms with E-state index in [2.05, 4.69) is 9.97 Å². The van der Waals surface area contributed by atoms with Gasteiger partial charge in [-0.05, 0) is 41.0 Å². The number of halogens is 2. The van der Waals surface area contributed by atoms with Crippen molar-refractivity contribution in [2.24, 2.45) is 0 Å². The smallest absolute Gasteiger partial charge is 0.270 e. The van der Waals surface area contributed by atoms with Crippen LogP contribution in [0.15, 0.2) is 22.1 Å². The van der Waals surface area contributed by atoms with Gasteiger partial charge in [0.1, 0.15) is 17.3 Å². The van der Waals surface area contributed by atoms with Gasteiger partial charge in [0.2, 0.25) is 0 Å². The molecule has 0 atom stereocenters. The van der Waals surface area contributed by atoms with Crippen molar-refractivity contribution in [2.75, 3.05) is 13.4 Å². The van der Waals surface area contributed by atoms with E-state index in [0.29, 0.717) is 8.73 Å². The lowest BCUT2D eigenvalue weighted by Crippen LogP contribution is -2.15. The lowest BCUT2D eigenvalue weighted by atomic mass is 10.1. The number of hydrogen-bond donors (Lipinski definition) is 1. The summed E-state index contributed by atoms with van der Waals surface area (Å²) in [5, 5.41) is 9.50. The van der Waals surface area contributed by atoms with Gasteiger partial charge in [-0.1, -0.05) is 11.8 Å². The number of benzene rings is 1. The van der Waals surface area contributed by atoms with E-state index >= 15 is 0 Å². The van der Waals surface area contributed by atoms with Crippen LogP contribution < -0.4 is 10.3 Å².